The summed E-state index contributed by atoms with van der Waals surface area (Å²) in [4.78, 5) is 3.24. The van der Waals surface area contributed by atoms with Crippen LogP contribution in [0.15, 0.2) is 36.4 Å². The Balaban J connectivity index is 2.32. The van der Waals surface area contributed by atoms with Gasteiger partial charge in [-0.25, -0.2) is 0 Å². The van der Waals surface area contributed by atoms with Gasteiger partial charge in [0.2, 0.25) is 0 Å². The highest BCUT2D eigenvalue weighted by molar-refractivity contribution is 7.71. The number of hydrogen-bond acceptors (Lipinski definition) is 1. The fourth-order valence-corrected chi connectivity index (χ4v) is 2.69. The van der Waals surface area contributed by atoms with Gasteiger partial charge in [-0.1, -0.05) is 23.7 Å². The molecule has 3 aromatic rings. The van der Waals surface area contributed by atoms with Crippen molar-refractivity contribution in [2.75, 3.05) is 0 Å². The lowest BCUT2D eigenvalue weighted by atomic mass is 10.2. The summed E-state index contributed by atoms with van der Waals surface area (Å²) < 4.78 is 2.69. The Bertz CT molecular complexity index is 830. The van der Waals surface area contributed by atoms with Gasteiger partial charge in [0.15, 0.2) is 4.77 Å². The summed E-state index contributed by atoms with van der Waals surface area (Å²) in [6.07, 6.45) is 0. The molecular formula is C15H13ClN2S. The molecule has 4 heteroatoms. The number of nitrogens with zero attached hydrogens (tertiary/aromatic N) is 1. The molecule has 0 saturated heterocycles. The minimum Gasteiger partial charge on any atom is -0.330 e. The third kappa shape index (κ3) is 2.09. The molecule has 0 fully saturated rings. The molecule has 0 aliphatic rings. The molecular weight excluding hydrogens is 276 g/mol. The monoisotopic (exact) mass is 288 g/mol. The lowest BCUT2D eigenvalue weighted by Crippen LogP contribution is -1.94. The fourth-order valence-electron chi connectivity index (χ4n) is 2.20. The minimum absolute atomic E-state index is 0.681. The van der Waals surface area contributed by atoms with E-state index in [1.54, 1.807) is 0 Å². The molecule has 0 spiro atoms. The average Bonchev–Trinajstić information content (AvgIpc) is 2.68. The Morgan fingerprint density at radius 2 is 1.89 bits per heavy atom. The summed E-state index contributed by atoms with van der Waals surface area (Å²) in [6, 6.07) is 12.2. The number of aryl methyl sites for hydroxylation is 2. The van der Waals surface area contributed by atoms with Crippen molar-refractivity contribution in [1.29, 1.82) is 0 Å². The average molecular weight is 289 g/mol. The Labute approximate surface area is 121 Å². The molecule has 1 N–H and O–H groups in total. The van der Waals surface area contributed by atoms with Crippen LogP contribution in [-0.4, -0.2) is 9.55 Å². The van der Waals surface area contributed by atoms with Crippen LogP contribution in [0, 0.1) is 18.6 Å². The van der Waals surface area contributed by atoms with Crippen LogP contribution in [0.3, 0.4) is 0 Å². The van der Waals surface area contributed by atoms with E-state index in [9.17, 15) is 0 Å². The predicted octanol–water partition coefficient (Wildman–Crippen LogP) is 4.96. The summed E-state index contributed by atoms with van der Waals surface area (Å²) in [6.45, 7) is 4.06. The van der Waals surface area contributed by atoms with Gasteiger partial charge in [-0.2, -0.15) is 0 Å². The molecule has 0 aliphatic carbocycles. The Morgan fingerprint density at radius 3 is 2.63 bits per heavy atom. The maximum absolute atomic E-state index is 6.20. The van der Waals surface area contributed by atoms with Crippen molar-refractivity contribution < 1.29 is 0 Å². The maximum Gasteiger partial charge on any atom is 0.182 e. The number of halogens is 1. The summed E-state index contributed by atoms with van der Waals surface area (Å²) in [5.74, 6) is 0. The van der Waals surface area contributed by atoms with Crippen molar-refractivity contribution in [2.24, 2.45) is 0 Å². The molecule has 1 heterocycles. The topological polar surface area (TPSA) is 20.7 Å². The molecule has 3 rings (SSSR count). The van der Waals surface area contributed by atoms with E-state index in [1.165, 1.54) is 5.56 Å². The third-order valence-electron chi connectivity index (χ3n) is 3.25. The first-order valence-electron chi connectivity index (χ1n) is 6.04. The lowest BCUT2D eigenvalue weighted by molar-refractivity contribution is 1.06. The second-order valence-electron chi connectivity index (χ2n) is 4.72. The van der Waals surface area contributed by atoms with E-state index in [1.807, 2.05) is 29.7 Å². The molecule has 19 heavy (non-hydrogen) atoms. The molecule has 1 aromatic heterocycles. The SMILES string of the molecule is Cc1ccc2c(c1)[nH]c(=S)n2-c1ccc(C)c(Cl)c1. The van der Waals surface area contributed by atoms with E-state index in [-0.39, 0.29) is 0 Å². The Morgan fingerprint density at radius 1 is 1.11 bits per heavy atom. The quantitative estimate of drug-likeness (QED) is 0.628. The largest absolute Gasteiger partial charge is 0.330 e. The summed E-state index contributed by atoms with van der Waals surface area (Å²) in [5.41, 5.74) is 5.36. The molecule has 0 radical (unpaired) electrons. The first kappa shape index (κ1) is 12.5. The zero-order chi connectivity index (χ0) is 13.6. The normalized spacial score (nSPS) is 11.1. The van der Waals surface area contributed by atoms with Crippen LogP contribution in [0.25, 0.3) is 16.7 Å². The van der Waals surface area contributed by atoms with Crippen molar-refractivity contribution in [1.82, 2.24) is 9.55 Å². The molecule has 0 unspecified atom stereocenters. The van der Waals surface area contributed by atoms with Gasteiger partial charge in [-0.05, 0) is 61.5 Å². The number of nitrogens with one attached hydrogen (secondary N) is 1. The summed E-state index contributed by atoms with van der Waals surface area (Å²) in [5, 5.41) is 0.751. The molecule has 0 bridgehead atoms. The molecule has 2 nitrogen and oxygen atoms in total. The van der Waals surface area contributed by atoms with Crippen LogP contribution in [0.4, 0.5) is 0 Å². The number of imidazole rings is 1. The van der Waals surface area contributed by atoms with Crippen molar-refractivity contribution in [3.8, 4) is 5.69 Å². The number of rotatable bonds is 1. The van der Waals surface area contributed by atoms with Gasteiger partial charge in [-0.15, -0.1) is 0 Å². The van der Waals surface area contributed by atoms with E-state index >= 15 is 0 Å². The van der Waals surface area contributed by atoms with Gasteiger partial charge in [0.1, 0.15) is 0 Å². The third-order valence-corrected chi connectivity index (χ3v) is 3.94. The zero-order valence-electron chi connectivity index (χ0n) is 10.7. The number of aromatic amines is 1. The van der Waals surface area contributed by atoms with Crippen LogP contribution in [0.2, 0.25) is 5.02 Å². The van der Waals surface area contributed by atoms with Gasteiger partial charge in [-0.3, -0.25) is 4.57 Å². The highest BCUT2D eigenvalue weighted by Gasteiger charge is 2.07. The number of benzene rings is 2. The minimum atomic E-state index is 0.681. The zero-order valence-corrected chi connectivity index (χ0v) is 12.3. The van der Waals surface area contributed by atoms with Crippen molar-refractivity contribution >= 4 is 34.9 Å². The summed E-state index contributed by atoms with van der Waals surface area (Å²) >= 11 is 11.6. The predicted molar refractivity (Wildman–Crippen MR) is 82.9 cm³/mol. The second kappa shape index (κ2) is 4.51. The van der Waals surface area contributed by atoms with Crippen LogP contribution in [0.5, 0.6) is 0 Å². The van der Waals surface area contributed by atoms with E-state index < -0.39 is 0 Å². The molecule has 96 valence electrons. The van der Waals surface area contributed by atoms with E-state index in [0.717, 1.165) is 27.3 Å². The van der Waals surface area contributed by atoms with Crippen molar-refractivity contribution in [2.45, 2.75) is 13.8 Å². The van der Waals surface area contributed by atoms with Gasteiger partial charge in [0.05, 0.1) is 11.0 Å². The molecule has 2 aromatic carbocycles. The van der Waals surface area contributed by atoms with Gasteiger partial charge in [0.25, 0.3) is 0 Å². The first-order valence-corrected chi connectivity index (χ1v) is 6.83. The number of hydrogen-bond donors (Lipinski definition) is 1. The van der Waals surface area contributed by atoms with Gasteiger partial charge in [0, 0.05) is 10.7 Å². The van der Waals surface area contributed by atoms with Crippen LogP contribution in [-0.2, 0) is 0 Å². The second-order valence-corrected chi connectivity index (χ2v) is 5.51. The van der Waals surface area contributed by atoms with E-state index in [2.05, 4.69) is 30.1 Å². The number of fused-ring (bicyclic) bond motifs is 1. The fraction of sp³-hybridized carbons (Fsp3) is 0.133. The Hall–Kier alpha value is -1.58. The van der Waals surface area contributed by atoms with Crippen LogP contribution >= 0.6 is 23.8 Å². The first-order chi connectivity index (χ1) is 9.06. The Kier molecular flexibility index (Phi) is 2.96. The summed E-state index contributed by atoms with van der Waals surface area (Å²) in [7, 11) is 0. The smallest absolute Gasteiger partial charge is 0.182 e. The highest BCUT2D eigenvalue weighted by Crippen LogP contribution is 2.24. The molecule has 0 saturated carbocycles. The number of H-pyrrole nitrogens is 1. The van der Waals surface area contributed by atoms with Crippen molar-refractivity contribution in [3.63, 3.8) is 0 Å². The van der Waals surface area contributed by atoms with Gasteiger partial charge >= 0.3 is 0 Å². The standard InChI is InChI=1S/C15H13ClN2S/c1-9-3-6-14-13(7-9)17-15(19)18(14)11-5-4-10(2)12(16)8-11/h3-8H,1-2H3,(H,17,19). The lowest BCUT2D eigenvalue weighted by Gasteiger charge is -2.06. The van der Waals surface area contributed by atoms with Crippen LogP contribution in [0.1, 0.15) is 11.1 Å². The molecule has 0 aliphatic heterocycles. The molecule has 0 amide bonds. The maximum atomic E-state index is 6.20. The van der Waals surface area contributed by atoms with Gasteiger partial charge < -0.3 is 4.98 Å². The van der Waals surface area contributed by atoms with Crippen molar-refractivity contribution in [3.05, 3.63) is 57.3 Å². The molecule has 0 atom stereocenters. The van der Waals surface area contributed by atoms with E-state index in [0.29, 0.717) is 4.77 Å². The number of aromatic nitrogens is 2. The van der Waals surface area contributed by atoms with Crippen LogP contribution < -0.4 is 0 Å². The van der Waals surface area contributed by atoms with E-state index in [4.69, 9.17) is 23.8 Å². The highest BCUT2D eigenvalue weighted by atomic mass is 35.5.